The molecule has 0 aromatic heterocycles. The number of alkyl halides is 1. The topological polar surface area (TPSA) is 101 Å². The molecule has 2 aromatic carbocycles. The van der Waals surface area contributed by atoms with Crippen molar-refractivity contribution < 1.29 is 26.3 Å². The highest BCUT2D eigenvalue weighted by atomic mass is 32.2. The first kappa shape index (κ1) is 19.5. The predicted molar refractivity (Wildman–Crippen MR) is 91.0 cm³/mol. The smallest absolute Gasteiger partial charge is 0.241 e. The molecule has 0 spiro atoms. The van der Waals surface area contributed by atoms with Crippen LogP contribution in [0.4, 0.5) is 4.39 Å². The van der Waals surface area contributed by atoms with Crippen LogP contribution >= 0.6 is 0 Å². The van der Waals surface area contributed by atoms with Crippen molar-refractivity contribution in [3.8, 4) is 0 Å². The molecule has 2 atom stereocenters. The molecule has 2 rings (SSSR count). The summed E-state index contributed by atoms with van der Waals surface area (Å²) in [5.74, 6) is 0. The Bertz CT molecular complexity index is 913. The van der Waals surface area contributed by atoms with Gasteiger partial charge in [-0.1, -0.05) is 30.3 Å². The van der Waals surface area contributed by atoms with E-state index >= 15 is 0 Å². The van der Waals surface area contributed by atoms with Gasteiger partial charge >= 0.3 is 0 Å². The molecule has 0 radical (unpaired) electrons. The number of benzene rings is 2. The monoisotopic (exact) mass is 387 g/mol. The lowest BCUT2D eigenvalue weighted by atomic mass is 10.0. The van der Waals surface area contributed by atoms with Gasteiger partial charge in [-0.3, -0.25) is 0 Å². The van der Waals surface area contributed by atoms with Crippen molar-refractivity contribution in [2.75, 3.05) is 12.9 Å². The van der Waals surface area contributed by atoms with Gasteiger partial charge in [0.1, 0.15) is 6.67 Å². The maximum Gasteiger partial charge on any atom is 0.241 e. The van der Waals surface area contributed by atoms with Crippen LogP contribution in [0.1, 0.15) is 11.7 Å². The standard InChI is InChI=1S/C16H18FNO5S2/c1-24(20,21)13-9-7-12(8-10-13)16(19)15(11-17)18-25(22,23)14-5-3-2-4-6-14/h2-10,15-16,18-19H,11H2,1H3/t15-,16+/m1/s1. The maximum absolute atomic E-state index is 13.3. The molecule has 0 unspecified atom stereocenters. The van der Waals surface area contributed by atoms with E-state index in [2.05, 4.69) is 4.72 Å². The van der Waals surface area contributed by atoms with Crippen LogP contribution in [0, 0.1) is 0 Å². The Morgan fingerprint density at radius 2 is 1.52 bits per heavy atom. The van der Waals surface area contributed by atoms with E-state index in [0.29, 0.717) is 0 Å². The molecule has 25 heavy (non-hydrogen) atoms. The molecular weight excluding hydrogens is 369 g/mol. The Labute approximate surface area is 146 Å². The first-order valence-corrected chi connectivity index (χ1v) is 10.6. The van der Waals surface area contributed by atoms with E-state index in [9.17, 15) is 26.3 Å². The Balaban J connectivity index is 2.23. The summed E-state index contributed by atoms with van der Waals surface area (Å²) in [7, 11) is -7.41. The molecule has 0 aliphatic heterocycles. The fourth-order valence-electron chi connectivity index (χ4n) is 2.19. The molecule has 2 aromatic rings. The summed E-state index contributed by atoms with van der Waals surface area (Å²) in [5.41, 5.74) is 0.200. The normalized spacial score (nSPS) is 14.8. The third kappa shape index (κ3) is 4.85. The van der Waals surface area contributed by atoms with Crippen LogP contribution in [0.3, 0.4) is 0 Å². The lowest BCUT2D eigenvalue weighted by molar-refractivity contribution is 0.124. The highest BCUT2D eigenvalue weighted by Gasteiger charge is 2.27. The van der Waals surface area contributed by atoms with Crippen LogP contribution in [0.5, 0.6) is 0 Å². The summed E-state index contributed by atoms with van der Waals surface area (Å²) in [6, 6.07) is 11.2. The molecule has 0 amide bonds. The first-order chi connectivity index (χ1) is 11.6. The molecule has 9 heteroatoms. The van der Waals surface area contributed by atoms with Crippen LogP contribution in [0.2, 0.25) is 0 Å². The third-order valence-corrected chi connectivity index (χ3v) is 6.19. The summed E-state index contributed by atoms with van der Waals surface area (Å²) in [6.45, 7) is -1.14. The van der Waals surface area contributed by atoms with E-state index in [-0.39, 0.29) is 15.4 Å². The zero-order valence-electron chi connectivity index (χ0n) is 13.3. The molecule has 0 aliphatic carbocycles. The number of rotatable bonds is 7. The average molecular weight is 387 g/mol. The Kier molecular flexibility index (Phi) is 5.94. The summed E-state index contributed by atoms with van der Waals surface area (Å²) >= 11 is 0. The van der Waals surface area contributed by atoms with E-state index in [1.807, 2.05) is 0 Å². The van der Waals surface area contributed by atoms with Gasteiger partial charge in [-0.2, -0.15) is 0 Å². The van der Waals surface area contributed by atoms with Crippen molar-refractivity contribution in [2.24, 2.45) is 0 Å². The fraction of sp³-hybridized carbons (Fsp3) is 0.250. The summed E-state index contributed by atoms with van der Waals surface area (Å²) in [6.07, 6.45) is -0.436. The number of aliphatic hydroxyl groups is 1. The molecule has 0 bridgehead atoms. The molecule has 0 saturated carbocycles. The third-order valence-electron chi connectivity index (χ3n) is 3.56. The number of aliphatic hydroxyl groups excluding tert-OH is 1. The van der Waals surface area contributed by atoms with Gasteiger partial charge in [-0.15, -0.1) is 0 Å². The van der Waals surface area contributed by atoms with Crippen LogP contribution in [0.15, 0.2) is 64.4 Å². The zero-order valence-corrected chi connectivity index (χ0v) is 15.0. The van der Waals surface area contributed by atoms with Crippen molar-refractivity contribution in [1.82, 2.24) is 4.72 Å². The van der Waals surface area contributed by atoms with Gasteiger partial charge in [0.15, 0.2) is 9.84 Å². The maximum atomic E-state index is 13.3. The lowest BCUT2D eigenvalue weighted by Crippen LogP contribution is -2.40. The van der Waals surface area contributed by atoms with E-state index in [1.165, 1.54) is 48.5 Å². The van der Waals surface area contributed by atoms with Gasteiger partial charge in [0.05, 0.1) is 21.9 Å². The van der Waals surface area contributed by atoms with Gasteiger partial charge < -0.3 is 5.11 Å². The summed E-state index contributed by atoms with van der Waals surface area (Å²) in [4.78, 5) is -0.00168. The number of hydrogen-bond acceptors (Lipinski definition) is 5. The van der Waals surface area contributed by atoms with Crippen molar-refractivity contribution in [3.63, 3.8) is 0 Å². The van der Waals surface area contributed by atoms with Crippen LogP contribution in [-0.2, 0) is 19.9 Å². The number of halogens is 1. The van der Waals surface area contributed by atoms with Crippen LogP contribution < -0.4 is 4.72 Å². The minimum atomic E-state index is -4.00. The Morgan fingerprint density at radius 3 is 2.00 bits per heavy atom. The summed E-state index contributed by atoms with van der Waals surface area (Å²) in [5, 5.41) is 10.3. The van der Waals surface area contributed by atoms with Gasteiger partial charge in [0.25, 0.3) is 0 Å². The molecular formula is C16H18FNO5S2. The highest BCUT2D eigenvalue weighted by Crippen LogP contribution is 2.21. The average Bonchev–Trinajstić information content (AvgIpc) is 2.59. The Hall–Kier alpha value is -1.81. The molecule has 0 aliphatic rings. The van der Waals surface area contributed by atoms with E-state index in [1.54, 1.807) is 6.07 Å². The van der Waals surface area contributed by atoms with Crippen molar-refractivity contribution in [1.29, 1.82) is 0 Å². The number of sulfonamides is 1. The fourth-order valence-corrected chi connectivity index (χ4v) is 4.06. The largest absolute Gasteiger partial charge is 0.387 e. The molecule has 6 nitrogen and oxygen atoms in total. The van der Waals surface area contributed by atoms with E-state index in [4.69, 9.17) is 0 Å². The molecule has 2 N–H and O–H groups in total. The second-order valence-corrected chi connectivity index (χ2v) is 9.21. The van der Waals surface area contributed by atoms with Gasteiger partial charge in [-0.25, -0.2) is 25.9 Å². The van der Waals surface area contributed by atoms with E-state index in [0.717, 1.165) is 6.26 Å². The Morgan fingerprint density at radius 1 is 0.960 bits per heavy atom. The number of nitrogens with one attached hydrogen (secondary N) is 1. The number of sulfone groups is 1. The zero-order chi connectivity index (χ0) is 18.7. The SMILES string of the molecule is CS(=O)(=O)c1ccc([C@H](O)[C@@H](CF)NS(=O)(=O)c2ccccc2)cc1. The predicted octanol–water partition coefficient (Wildman–Crippen LogP) is 1.44. The van der Waals surface area contributed by atoms with Gasteiger partial charge in [0, 0.05) is 6.26 Å². The summed E-state index contributed by atoms with van der Waals surface area (Å²) < 4.78 is 62.8. The number of hydrogen-bond donors (Lipinski definition) is 2. The molecule has 0 heterocycles. The quantitative estimate of drug-likeness (QED) is 0.749. The minimum Gasteiger partial charge on any atom is -0.387 e. The second kappa shape index (κ2) is 7.61. The van der Waals surface area contributed by atoms with Crippen molar-refractivity contribution in [3.05, 3.63) is 60.2 Å². The minimum absolute atomic E-state index is 0.0464. The van der Waals surface area contributed by atoms with Crippen molar-refractivity contribution >= 4 is 19.9 Å². The van der Waals surface area contributed by atoms with E-state index < -0.39 is 38.7 Å². The van der Waals surface area contributed by atoms with Crippen molar-refractivity contribution in [2.45, 2.75) is 21.9 Å². The molecule has 0 fully saturated rings. The second-order valence-electron chi connectivity index (χ2n) is 5.48. The first-order valence-electron chi connectivity index (χ1n) is 7.26. The highest BCUT2D eigenvalue weighted by molar-refractivity contribution is 7.90. The van der Waals surface area contributed by atoms with Crippen LogP contribution in [0.25, 0.3) is 0 Å². The van der Waals surface area contributed by atoms with Crippen LogP contribution in [-0.4, -0.2) is 40.9 Å². The molecule has 0 saturated heterocycles. The van der Waals surface area contributed by atoms with Gasteiger partial charge in [-0.05, 0) is 29.8 Å². The molecule has 136 valence electrons. The van der Waals surface area contributed by atoms with Gasteiger partial charge in [0.2, 0.25) is 10.0 Å². The lowest BCUT2D eigenvalue weighted by Gasteiger charge is -2.22.